The van der Waals surface area contributed by atoms with E-state index in [1.807, 2.05) is 12.1 Å². The Balaban J connectivity index is 2.50. The summed E-state index contributed by atoms with van der Waals surface area (Å²) in [6.07, 6.45) is -1.23. The van der Waals surface area contributed by atoms with E-state index in [9.17, 15) is 13.0 Å². The van der Waals surface area contributed by atoms with E-state index in [1.54, 1.807) is 19.1 Å². The Morgan fingerprint density at radius 3 is 2.23 bits per heavy atom. The van der Waals surface area contributed by atoms with Gasteiger partial charge in [0.1, 0.15) is 5.84 Å². The number of nitrogens with zero attached hydrogens (tertiary/aromatic N) is 3. The largest absolute Gasteiger partial charge is 0.364 e. The second-order valence-electron chi connectivity index (χ2n) is 6.13. The number of amidine groups is 2. The van der Waals surface area contributed by atoms with Crippen LogP contribution in [0.1, 0.15) is 38.8 Å². The van der Waals surface area contributed by atoms with Crippen LogP contribution in [0, 0.1) is 0 Å². The van der Waals surface area contributed by atoms with Gasteiger partial charge in [-0.15, -0.1) is 0 Å². The summed E-state index contributed by atoms with van der Waals surface area (Å²) in [5, 5.41) is 0. The number of hydrogen-bond acceptors (Lipinski definition) is 5. The molecule has 120 valence electrons. The van der Waals surface area contributed by atoms with Crippen LogP contribution >= 0.6 is 0 Å². The molecule has 0 bridgehead atoms. The first-order valence-electron chi connectivity index (χ1n) is 6.76. The van der Waals surface area contributed by atoms with Crippen molar-refractivity contribution in [2.75, 3.05) is 0 Å². The summed E-state index contributed by atoms with van der Waals surface area (Å²) >= 11 is 0. The Morgan fingerprint density at radius 2 is 1.77 bits per heavy atom. The lowest BCUT2D eigenvalue weighted by molar-refractivity contribution is 0.376. The third kappa shape index (κ3) is 3.34. The van der Waals surface area contributed by atoms with Gasteiger partial charge < -0.3 is 0 Å². The summed E-state index contributed by atoms with van der Waals surface area (Å²) in [7, 11) is -4.56. The van der Waals surface area contributed by atoms with E-state index in [1.165, 1.54) is 0 Å². The zero-order valence-electron chi connectivity index (χ0n) is 13.0. The molecule has 0 fully saturated rings. The Bertz CT molecular complexity index is 730. The van der Waals surface area contributed by atoms with Crippen molar-refractivity contribution >= 4 is 22.0 Å². The molecule has 8 heteroatoms. The van der Waals surface area contributed by atoms with Gasteiger partial charge >= 0.3 is 10.3 Å². The lowest BCUT2D eigenvalue weighted by Gasteiger charge is -2.29. The number of rotatable bonds is 2. The Labute approximate surface area is 130 Å². The fraction of sp³-hybridized carbons (Fsp3) is 0.429. The molecule has 0 saturated carbocycles. The van der Waals surface area contributed by atoms with E-state index in [2.05, 4.69) is 30.8 Å². The maximum absolute atomic E-state index is 11.6. The zero-order chi connectivity index (χ0) is 16.7. The first-order valence-corrected chi connectivity index (χ1v) is 8.16. The van der Waals surface area contributed by atoms with Crippen LogP contribution in [0.15, 0.2) is 34.3 Å². The maximum atomic E-state index is 11.6. The summed E-state index contributed by atoms with van der Waals surface area (Å²) in [5.74, 6) is 0.408. The highest BCUT2D eigenvalue weighted by molar-refractivity contribution is 7.84. The smallest absolute Gasteiger partial charge is 0.291 e. The highest BCUT2D eigenvalue weighted by atomic mass is 32.2. The molecule has 7 nitrogen and oxygen atoms in total. The van der Waals surface area contributed by atoms with Gasteiger partial charge in [-0.2, -0.15) is 12.7 Å². The quantitative estimate of drug-likeness (QED) is 0.804. The van der Waals surface area contributed by atoms with Gasteiger partial charge in [0.05, 0.1) is 0 Å². The number of benzene rings is 1. The SMILES string of the molecule is CC1=NC(N)N(S(=O)(=O)O)C(c2ccc(C(C)(C)C)cc2)=N1. The van der Waals surface area contributed by atoms with Crippen LogP contribution in [0.3, 0.4) is 0 Å². The molecular weight excluding hydrogens is 304 g/mol. The van der Waals surface area contributed by atoms with E-state index in [-0.39, 0.29) is 11.3 Å². The number of aliphatic imine (C=N–C) groups is 2. The molecule has 1 aromatic carbocycles. The van der Waals surface area contributed by atoms with Gasteiger partial charge in [-0.05, 0) is 17.9 Å². The van der Waals surface area contributed by atoms with Gasteiger partial charge in [-0.3, -0.25) is 10.3 Å². The van der Waals surface area contributed by atoms with Crippen LogP contribution < -0.4 is 5.73 Å². The molecule has 3 N–H and O–H groups in total. The highest BCUT2D eigenvalue weighted by Crippen LogP contribution is 2.24. The van der Waals surface area contributed by atoms with Crippen LogP contribution in [-0.4, -0.2) is 35.2 Å². The van der Waals surface area contributed by atoms with Gasteiger partial charge in [0.2, 0.25) is 0 Å². The minimum Gasteiger partial charge on any atom is -0.291 e. The van der Waals surface area contributed by atoms with E-state index in [0.717, 1.165) is 5.56 Å². The fourth-order valence-electron chi connectivity index (χ4n) is 2.16. The predicted molar refractivity (Wildman–Crippen MR) is 86.2 cm³/mol. The van der Waals surface area contributed by atoms with E-state index >= 15 is 0 Å². The molecular formula is C14H20N4O3S. The fourth-order valence-corrected chi connectivity index (χ4v) is 2.84. The van der Waals surface area contributed by atoms with Crippen molar-refractivity contribution in [2.45, 2.75) is 39.4 Å². The van der Waals surface area contributed by atoms with Gasteiger partial charge in [-0.1, -0.05) is 45.0 Å². The second-order valence-corrected chi connectivity index (χ2v) is 7.42. The molecule has 1 aliphatic heterocycles. The van der Waals surface area contributed by atoms with E-state index < -0.39 is 16.6 Å². The first kappa shape index (κ1) is 16.6. The minimum absolute atomic E-state index is 0.0244. The minimum atomic E-state index is -4.56. The molecule has 0 radical (unpaired) electrons. The standard InChI is InChI=1S/C14H20N4O3S/c1-9-16-12(18(13(15)17-9)22(19,20)21)10-5-7-11(8-6-10)14(2,3)4/h5-8,13H,15H2,1-4H3,(H,19,20,21). The molecule has 0 aromatic heterocycles. The maximum Gasteiger partial charge on any atom is 0.364 e. The average Bonchev–Trinajstić information content (AvgIpc) is 2.35. The molecule has 0 spiro atoms. The summed E-state index contributed by atoms with van der Waals surface area (Å²) < 4.78 is 33.1. The van der Waals surface area contributed by atoms with Crippen LogP contribution in [-0.2, 0) is 15.7 Å². The zero-order valence-corrected chi connectivity index (χ0v) is 13.8. The highest BCUT2D eigenvalue weighted by Gasteiger charge is 2.33. The number of nitrogens with two attached hydrogens (primary N) is 1. The van der Waals surface area contributed by atoms with Gasteiger partial charge in [0.15, 0.2) is 12.1 Å². The molecule has 0 saturated heterocycles. The molecule has 22 heavy (non-hydrogen) atoms. The average molecular weight is 324 g/mol. The Kier molecular flexibility index (Phi) is 4.12. The summed E-state index contributed by atoms with van der Waals surface area (Å²) in [4.78, 5) is 7.97. The van der Waals surface area contributed by atoms with Crippen molar-refractivity contribution in [1.29, 1.82) is 0 Å². The van der Waals surface area contributed by atoms with Crippen LogP contribution in [0.2, 0.25) is 0 Å². The third-order valence-corrected chi connectivity index (χ3v) is 4.18. The number of hydrogen-bond donors (Lipinski definition) is 2. The predicted octanol–water partition coefficient (Wildman–Crippen LogP) is 1.51. The molecule has 0 amide bonds. The van der Waals surface area contributed by atoms with Crippen molar-refractivity contribution in [2.24, 2.45) is 15.7 Å². The van der Waals surface area contributed by atoms with Crippen molar-refractivity contribution in [3.05, 3.63) is 35.4 Å². The molecule has 0 aliphatic carbocycles. The normalized spacial score (nSPS) is 19.7. The van der Waals surface area contributed by atoms with E-state index in [0.29, 0.717) is 15.7 Å². The van der Waals surface area contributed by atoms with Crippen molar-refractivity contribution in [3.8, 4) is 0 Å². The van der Waals surface area contributed by atoms with E-state index in [4.69, 9.17) is 5.73 Å². The van der Waals surface area contributed by atoms with Gasteiger partial charge in [-0.25, -0.2) is 9.98 Å². The lowest BCUT2D eigenvalue weighted by Crippen LogP contribution is -2.50. The topological polar surface area (TPSA) is 108 Å². The molecule has 2 rings (SSSR count). The van der Waals surface area contributed by atoms with Crippen LogP contribution in [0.5, 0.6) is 0 Å². The Morgan fingerprint density at radius 1 is 1.23 bits per heavy atom. The van der Waals surface area contributed by atoms with Gasteiger partial charge in [0, 0.05) is 5.56 Å². The molecule has 1 atom stereocenters. The second kappa shape index (κ2) is 5.45. The molecule has 1 aliphatic rings. The third-order valence-electron chi connectivity index (χ3n) is 3.29. The molecule has 1 aromatic rings. The summed E-state index contributed by atoms with van der Waals surface area (Å²) in [6.45, 7) is 7.86. The lowest BCUT2D eigenvalue weighted by atomic mass is 9.86. The van der Waals surface area contributed by atoms with Gasteiger partial charge in [0.25, 0.3) is 0 Å². The Hall–Kier alpha value is -1.77. The van der Waals surface area contributed by atoms with Crippen molar-refractivity contribution < 1.29 is 13.0 Å². The first-order chi connectivity index (χ1) is 10.00. The van der Waals surface area contributed by atoms with Crippen molar-refractivity contribution in [1.82, 2.24) is 4.31 Å². The summed E-state index contributed by atoms with van der Waals surface area (Å²) in [5.41, 5.74) is 7.31. The molecule has 1 unspecified atom stereocenters. The van der Waals surface area contributed by atoms with Crippen LogP contribution in [0.25, 0.3) is 0 Å². The molecule has 1 heterocycles. The monoisotopic (exact) mass is 324 g/mol. The summed E-state index contributed by atoms with van der Waals surface area (Å²) in [6, 6.07) is 7.30. The van der Waals surface area contributed by atoms with Crippen molar-refractivity contribution in [3.63, 3.8) is 0 Å². The van der Waals surface area contributed by atoms with Crippen LogP contribution in [0.4, 0.5) is 0 Å².